The Morgan fingerprint density at radius 1 is 1.05 bits per heavy atom. The summed E-state index contributed by atoms with van der Waals surface area (Å²) in [6.07, 6.45) is 6.36. The van der Waals surface area contributed by atoms with Gasteiger partial charge in [0.1, 0.15) is 0 Å². The number of aromatic nitrogens is 6. The monoisotopic (exact) mass is 505 g/mol. The van der Waals surface area contributed by atoms with Crippen molar-refractivity contribution in [1.82, 2.24) is 30.2 Å². The Morgan fingerprint density at radius 2 is 1.78 bits per heavy atom. The van der Waals surface area contributed by atoms with Gasteiger partial charge < -0.3 is 9.64 Å². The number of hydrogen-bond donors (Lipinski definition) is 0. The molecule has 0 aliphatic carbocycles. The normalized spacial score (nSPS) is 14.2. The highest BCUT2D eigenvalue weighted by atomic mass is 19.1. The lowest BCUT2D eigenvalue weighted by atomic mass is 9.95. The van der Waals surface area contributed by atoms with Gasteiger partial charge in [0.25, 0.3) is 0 Å². The van der Waals surface area contributed by atoms with E-state index in [1.165, 1.54) is 10.7 Å². The third kappa shape index (κ3) is 5.42. The molecule has 192 valence electrons. The van der Waals surface area contributed by atoms with Gasteiger partial charge in [-0.2, -0.15) is 0 Å². The van der Waals surface area contributed by atoms with Crippen LogP contribution in [0.5, 0.6) is 5.75 Å². The van der Waals surface area contributed by atoms with Gasteiger partial charge in [-0.3, -0.25) is 0 Å². The van der Waals surface area contributed by atoms with Gasteiger partial charge in [-0.1, -0.05) is 37.3 Å². The molecule has 0 spiro atoms. The minimum atomic E-state index is -0.724. The molecule has 10 heteroatoms. The van der Waals surface area contributed by atoms with Crippen LogP contribution < -0.4 is 9.64 Å². The molecule has 0 N–H and O–H groups in total. The first-order valence-electron chi connectivity index (χ1n) is 12.5. The van der Waals surface area contributed by atoms with Gasteiger partial charge in [0.2, 0.25) is 5.95 Å². The van der Waals surface area contributed by atoms with Crippen LogP contribution in [0, 0.1) is 17.6 Å². The zero-order valence-corrected chi connectivity index (χ0v) is 20.9. The third-order valence-electron chi connectivity index (χ3n) is 6.87. The van der Waals surface area contributed by atoms with E-state index in [0.29, 0.717) is 28.5 Å². The molecule has 4 aromatic rings. The van der Waals surface area contributed by atoms with Crippen LogP contribution in [-0.2, 0) is 19.9 Å². The minimum absolute atomic E-state index is 0.103. The van der Waals surface area contributed by atoms with Crippen LogP contribution in [0.25, 0.3) is 11.1 Å². The van der Waals surface area contributed by atoms with Crippen LogP contribution in [0.3, 0.4) is 0 Å². The summed E-state index contributed by atoms with van der Waals surface area (Å²) in [7, 11) is 1.69. The number of nitrogens with zero attached hydrogens (tertiary/aromatic N) is 7. The van der Waals surface area contributed by atoms with E-state index in [1.54, 1.807) is 7.05 Å². The quantitative estimate of drug-likeness (QED) is 0.351. The van der Waals surface area contributed by atoms with Crippen LogP contribution in [0.4, 0.5) is 14.7 Å². The molecule has 5 rings (SSSR count). The van der Waals surface area contributed by atoms with E-state index in [0.717, 1.165) is 37.9 Å². The number of hydrogen-bond acceptors (Lipinski definition) is 7. The number of piperidine rings is 1. The van der Waals surface area contributed by atoms with Crippen molar-refractivity contribution in [2.24, 2.45) is 13.0 Å². The van der Waals surface area contributed by atoms with Gasteiger partial charge in [0.05, 0.1) is 6.61 Å². The summed E-state index contributed by atoms with van der Waals surface area (Å²) in [6, 6.07) is 10.5. The molecule has 37 heavy (non-hydrogen) atoms. The molecule has 0 atom stereocenters. The minimum Gasteiger partial charge on any atom is -0.487 e. The first kappa shape index (κ1) is 24.7. The fourth-order valence-electron chi connectivity index (χ4n) is 4.57. The van der Waals surface area contributed by atoms with Gasteiger partial charge in [0, 0.05) is 44.5 Å². The van der Waals surface area contributed by atoms with Crippen molar-refractivity contribution in [3.05, 3.63) is 77.4 Å². The highest BCUT2D eigenvalue weighted by Crippen LogP contribution is 2.35. The van der Waals surface area contributed by atoms with E-state index < -0.39 is 11.6 Å². The standard InChI is InChI=1S/C27H29F2N7O/c1-3-18-15-30-27(31-16-18)36-11-9-19(10-12-36)17-37-26-23(28)13-21(20-7-5-4-6-8-20)22(25(26)29)14-24-32-33-34-35(24)2/h4-8,13,15-16,19H,3,9-12,14,17H2,1-2H3. The molecule has 2 aromatic carbocycles. The number of tetrazole rings is 1. The number of benzene rings is 2. The highest BCUT2D eigenvalue weighted by molar-refractivity contribution is 5.69. The van der Waals surface area contributed by atoms with Gasteiger partial charge in [0.15, 0.2) is 23.2 Å². The number of ether oxygens (including phenoxy) is 1. The average molecular weight is 506 g/mol. The molecule has 1 fully saturated rings. The molecule has 0 bridgehead atoms. The van der Waals surface area contributed by atoms with E-state index in [4.69, 9.17) is 4.74 Å². The lowest BCUT2D eigenvalue weighted by molar-refractivity contribution is 0.206. The second-order valence-corrected chi connectivity index (χ2v) is 9.28. The fraction of sp³-hybridized carbons (Fsp3) is 0.370. The number of aryl methyl sites for hydroxylation is 2. The van der Waals surface area contributed by atoms with Crippen LogP contribution in [0.2, 0.25) is 0 Å². The van der Waals surface area contributed by atoms with E-state index in [2.05, 4.69) is 37.3 Å². The maximum absolute atomic E-state index is 15.8. The molecule has 0 saturated carbocycles. The van der Waals surface area contributed by atoms with Crippen LogP contribution in [-0.4, -0.2) is 49.9 Å². The topological polar surface area (TPSA) is 81.9 Å². The van der Waals surface area contributed by atoms with E-state index in [-0.39, 0.29) is 24.7 Å². The zero-order chi connectivity index (χ0) is 25.8. The summed E-state index contributed by atoms with van der Waals surface area (Å²) in [5.74, 6) is -0.444. The van der Waals surface area contributed by atoms with Crippen molar-refractivity contribution in [3.63, 3.8) is 0 Å². The molecule has 1 aliphatic rings. The average Bonchev–Trinajstić information content (AvgIpc) is 3.35. The fourth-order valence-corrected chi connectivity index (χ4v) is 4.57. The lowest BCUT2D eigenvalue weighted by Crippen LogP contribution is -2.36. The molecular weight excluding hydrogens is 476 g/mol. The van der Waals surface area contributed by atoms with Crippen molar-refractivity contribution in [2.75, 3.05) is 24.6 Å². The van der Waals surface area contributed by atoms with E-state index in [1.807, 2.05) is 42.7 Å². The Labute approximate surface area is 214 Å². The van der Waals surface area contributed by atoms with Crippen molar-refractivity contribution >= 4 is 5.95 Å². The zero-order valence-electron chi connectivity index (χ0n) is 20.9. The van der Waals surface area contributed by atoms with Crippen molar-refractivity contribution in [2.45, 2.75) is 32.6 Å². The number of rotatable bonds is 8. The Bertz CT molecular complexity index is 1340. The molecule has 2 aromatic heterocycles. The molecule has 3 heterocycles. The summed E-state index contributed by atoms with van der Waals surface area (Å²) in [5.41, 5.74) is 2.55. The second-order valence-electron chi connectivity index (χ2n) is 9.28. The molecule has 1 aliphatic heterocycles. The first-order chi connectivity index (χ1) is 18.0. The Kier molecular flexibility index (Phi) is 7.34. The smallest absolute Gasteiger partial charge is 0.225 e. The van der Waals surface area contributed by atoms with Crippen molar-refractivity contribution in [3.8, 4) is 16.9 Å². The Morgan fingerprint density at radius 3 is 2.43 bits per heavy atom. The van der Waals surface area contributed by atoms with Crippen molar-refractivity contribution < 1.29 is 13.5 Å². The summed E-state index contributed by atoms with van der Waals surface area (Å²) >= 11 is 0. The van der Waals surface area contributed by atoms with Gasteiger partial charge in [-0.25, -0.2) is 23.4 Å². The Hall–Kier alpha value is -3.95. The van der Waals surface area contributed by atoms with E-state index >= 15 is 8.78 Å². The molecule has 0 unspecified atom stereocenters. The largest absolute Gasteiger partial charge is 0.487 e. The van der Waals surface area contributed by atoms with Gasteiger partial charge in [-0.15, -0.1) is 5.10 Å². The van der Waals surface area contributed by atoms with Crippen LogP contribution in [0.1, 0.15) is 36.7 Å². The van der Waals surface area contributed by atoms with Crippen LogP contribution in [0.15, 0.2) is 48.8 Å². The maximum atomic E-state index is 15.8. The molecule has 8 nitrogen and oxygen atoms in total. The SMILES string of the molecule is CCc1cnc(N2CCC(COc3c(F)cc(-c4ccccc4)c(Cc4nnnn4C)c3F)CC2)nc1. The molecule has 0 radical (unpaired) electrons. The number of halogens is 2. The maximum Gasteiger partial charge on any atom is 0.225 e. The molecular formula is C27H29F2N7O. The Balaban J connectivity index is 1.32. The summed E-state index contributed by atoms with van der Waals surface area (Å²) < 4.78 is 38.3. The predicted molar refractivity (Wildman–Crippen MR) is 135 cm³/mol. The van der Waals surface area contributed by atoms with Crippen LogP contribution >= 0.6 is 0 Å². The van der Waals surface area contributed by atoms with Crippen molar-refractivity contribution in [1.29, 1.82) is 0 Å². The molecule has 1 saturated heterocycles. The third-order valence-corrected chi connectivity index (χ3v) is 6.87. The van der Waals surface area contributed by atoms with E-state index in [9.17, 15) is 0 Å². The summed E-state index contributed by atoms with van der Waals surface area (Å²) in [6.45, 7) is 3.83. The summed E-state index contributed by atoms with van der Waals surface area (Å²) in [4.78, 5) is 11.1. The predicted octanol–water partition coefficient (Wildman–Crippen LogP) is 4.39. The first-order valence-corrected chi connectivity index (χ1v) is 12.5. The highest BCUT2D eigenvalue weighted by Gasteiger charge is 2.25. The van der Waals surface area contributed by atoms with Gasteiger partial charge in [-0.05, 0) is 58.4 Å². The lowest BCUT2D eigenvalue weighted by Gasteiger charge is -2.32. The van der Waals surface area contributed by atoms with Gasteiger partial charge >= 0.3 is 0 Å². The summed E-state index contributed by atoms with van der Waals surface area (Å²) in [5, 5.41) is 11.5. The number of anilines is 1. The second kappa shape index (κ2) is 11.0. The molecule has 0 amide bonds.